The summed E-state index contributed by atoms with van der Waals surface area (Å²) in [5.74, 6) is 0.152. The molecule has 1 saturated heterocycles. The van der Waals surface area contributed by atoms with Gasteiger partial charge in [-0.05, 0) is 44.0 Å². The molecule has 1 fully saturated rings. The van der Waals surface area contributed by atoms with Gasteiger partial charge in [-0.1, -0.05) is 12.1 Å². The number of carbonyl (C=O) groups is 1. The standard InChI is InChI=1S/C16H19N3O2/c1-11-9-17-15(18-11)14-3-2-8-19(14)10-12-4-6-13(7-5-12)16(20)21/h4-7,9,14H,2-3,8,10H2,1H3,(H,17,18)(H,20,21). The molecule has 3 rings (SSSR count). The molecule has 1 aliphatic rings. The zero-order chi connectivity index (χ0) is 14.8. The minimum absolute atomic E-state index is 0.331. The molecule has 5 heteroatoms. The van der Waals surface area contributed by atoms with Crippen molar-refractivity contribution >= 4 is 5.97 Å². The lowest BCUT2D eigenvalue weighted by Gasteiger charge is -2.23. The number of rotatable bonds is 4. The summed E-state index contributed by atoms with van der Waals surface area (Å²) in [5, 5.41) is 8.93. The summed E-state index contributed by atoms with van der Waals surface area (Å²) in [6.45, 7) is 3.88. The van der Waals surface area contributed by atoms with E-state index in [2.05, 4.69) is 14.9 Å². The van der Waals surface area contributed by atoms with Gasteiger partial charge in [0.15, 0.2) is 0 Å². The molecule has 21 heavy (non-hydrogen) atoms. The quantitative estimate of drug-likeness (QED) is 0.906. The van der Waals surface area contributed by atoms with Crippen molar-refractivity contribution in [3.63, 3.8) is 0 Å². The average Bonchev–Trinajstić information content (AvgIpc) is 3.08. The summed E-state index contributed by atoms with van der Waals surface area (Å²) >= 11 is 0. The van der Waals surface area contributed by atoms with Crippen LogP contribution in [0.2, 0.25) is 0 Å². The molecule has 2 N–H and O–H groups in total. The Hall–Kier alpha value is -2.14. The summed E-state index contributed by atoms with van der Waals surface area (Å²) < 4.78 is 0. The maximum absolute atomic E-state index is 10.9. The van der Waals surface area contributed by atoms with Crippen LogP contribution in [0, 0.1) is 6.92 Å². The van der Waals surface area contributed by atoms with Gasteiger partial charge in [-0.25, -0.2) is 9.78 Å². The molecule has 0 spiro atoms. The number of hydrogen-bond donors (Lipinski definition) is 2. The van der Waals surface area contributed by atoms with Gasteiger partial charge in [0.05, 0.1) is 11.6 Å². The second kappa shape index (κ2) is 5.69. The van der Waals surface area contributed by atoms with Crippen molar-refractivity contribution in [2.24, 2.45) is 0 Å². The van der Waals surface area contributed by atoms with E-state index in [4.69, 9.17) is 5.11 Å². The van der Waals surface area contributed by atoms with Crippen LogP contribution in [0.25, 0.3) is 0 Å². The van der Waals surface area contributed by atoms with E-state index >= 15 is 0 Å². The number of nitrogens with zero attached hydrogens (tertiary/aromatic N) is 2. The molecule has 0 amide bonds. The second-order valence-corrected chi connectivity index (χ2v) is 5.58. The van der Waals surface area contributed by atoms with E-state index in [0.29, 0.717) is 11.6 Å². The molecule has 2 aromatic rings. The number of nitrogens with one attached hydrogen (secondary N) is 1. The van der Waals surface area contributed by atoms with Crippen LogP contribution in [0.15, 0.2) is 30.5 Å². The Morgan fingerprint density at radius 2 is 2.19 bits per heavy atom. The number of aromatic amines is 1. The first-order chi connectivity index (χ1) is 10.1. The number of benzene rings is 1. The van der Waals surface area contributed by atoms with Crippen molar-refractivity contribution in [2.75, 3.05) is 6.54 Å². The Morgan fingerprint density at radius 1 is 1.43 bits per heavy atom. The van der Waals surface area contributed by atoms with E-state index < -0.39 is 5.97 Å². The van der Waals surface area contributed by atoms with Crippen LogP contribution in [-0.2, 0) is 6.54 Å². The fourth-order valence-electron chi connectivity index (χ4n) is 2.91. The van der Waals surface area contributed by atoms with E-state index in [1.165, 1.54) is 0 Å². The van der Waals surface area contributed by atoms with Crippen molar-refractivity contribution < 1.29 is 9.90 Å². The summed E-state index contributed by atoms with van der Waals surface area (Å²) in [6, 6.07) is 7.45. The fourth-order valence-corrected chi connectivity index (χ4v) is 2.91. The van der Waals surface area contributed by atoms with Crippen LogP contribution in [-0.4, -0.2) is 32.5 Å². The predicted molar refractivity (Wildman–Crippen MR) is 79.1 cm³/mol. The lowest BCUT2D eigenvalue weighted by atomic mass is 10.1. The molecule has 0 aliphatic carbocycles. The van der Waals surface area contributed by atoms with Crippen LogP contribution >= 0.6 is 0 Å². The number of hydrogen-bond acceptors (Lipinski definition) is 3. The highest BCUT2D eigenvalue weighted by Gasteiger charge is 2.27. The number of likely N-dealkylation sites (tertiary alicyclic amines) is 1. The third kappa shape index (κ3) is 2.97. The third-order valence-corrected chi connectivity index (χ3v) is 3.99. The summed E-state index contributed by atoms with van der Waals surface area (Å²) in [5.41, 5.74) is 2.55. The lowest BCUT2D eigenvalue weighted by Crippen LogP contribution is -2.23. The number of H-pyrrole nitrogens is 1. The van der Waals surface area contributed by atoms with Gasteiger partial charge in [0, 0.05) is 18.4 Å². The van der Waals surface area contributed by atoms with Gasteiger partial charge in [-0.2, -0.15) is 0 Å². The van der Waals surface area contributed by atoms with Crippen molar-refractivity contribution in [1.29, 1.82) is 0 Å². The largest absolute Gasteiger partial charge is 0.478 e. The first kappa shape index (κ1) is 13.8. The maximum Gasteiger partial charge on any atom is 0.335 e. The Labute approximate surface area is 123 Å². The van der Waals surface area contributed by atoms with Gasteiger partial charge in [0.2, 0.25) is 0 Å². The monoisotopic (exact) mass is 285 g/mol. The zero-order valence-corrected chi connectivity index (χ0v) is 12.0. The minimum atomic E-state index is -0.883. The Morgan fingerprint density at radius 3 is 2.81 bits per heavy atom. The maximum atomic E-state index is 10.9. The van der Waals surface area contributed by atoms with Crippen LogP contribution in [0.5, 0.6) is 0 Å². The van der Waals surface area contributed by atoms with Gasteiger partial charge >= 0.3 is 5.97 Å². The molecule has 0 saturated carbocycles. The molecule has 1 aromatic carbocycles. The molecule has 110 valence electrons. The number of aromatic nitrogens is 2. The van der Waals surface area contributed by atoms with Gasteiger partial charge in [0.25, 0.3) is 0 Å². The highest BCUT2D eigenvalue weighted by molar-refractivity contribution is 5.87. The van der Waals surface area contributed by atoms with Crippen molar-refractivity contribution in [3.8, 4) is 0 Å². The first-order valence-corrected chi connectivity index (χ1v) is 7.21. The number of carboxylic acids is 1. The molecule has 1 unspecified atom stereocenters. The fraction of sp³-hybridized carbons (Fsp3) is 0.375. The minimum Gasteiger partial charge on any atom is -0.478 e. The first-order valence-electron chi connectivity index (χ1n) is 7.21. The Balaban J connectivity index is 1.72. The highest BCUT2D eigenvalue weighted by Crippen LogP contribution is 2.31. The molecule has 0 bridgehead atoms. The van der Waals surface area contributed by atoms with Crippen LogP contribution < -0.4 is 0 Å². The van der Waals surface area contributed by atoms with Crippen LogP contribution in [0.1, 0.15) is 46.3 Å². The lowest BCUT2D eigenvalue weighted by molar-refractivity contribution is 0.0697. The molecule has 1 aromatic heterocycles. The second-order valence-electron chi connectivity index (χ2n) is 5.58. The van der Waals surface area contributed by atoms with E-state index in [-0.39, 0.29) is 0 Å². The van der Waals surface area contributed by atoms with E-state index in [9.17, 15) is 4.79 Å². The Bertz CT molecular complexity index is 633. The van der Waals surface area contributed by atoms with E-state index in [1.54, 1.807) is 12.1 Å². The molecular weight excluding hydrogens is 266 g/mol. The third-order valence-electron chi connectivity index (χ3n) is 3.99. The number of imidazole rings is 1. The predicted octanol–water partition coefficient (Wildman–Crippen LogP) is 2.75. The summed E-state index contributed by atoms with van der Waals surface area (Å²) in [4.78, 5) is 21.0. The molecule has 0 radical (unpaired) electrons. The average molecular weight is 285 g/mol. The molecule has 2 heterocycles. The summed E-state index contributed by atoms with van der Waals surface area (Å²) in [7, 11) is 0. The number of aromatic carboxylic acids is 1. The topological polar surface area (TPSA) is 69.2 Å². The zero-order valence-electron chi connectivity index (χ0n) is 12.0. The molecular formula is C16H19N3O2. The Kier molecular flexibility index (Phi) is 3.75. The number of aryl methyl sites for hydroxylation is 1. The van der Waals surface area contributed by atoms with E-state index in [0.717, 1.165) is 43.0 Å². The van der Waals surface area contributed by atoms with E-state index in [1.807, 2.05) is 25.3 Å². The number of carboxylic acid groups (broad SMARTS) is 1. The normalized spacial score (nSPS) is 19.0. The van der Waals surface area contributed by atoms with Crippen molar-refractivity contribution in [3.05, 3.63) is 53.1 Å². The molecule has 1 atom stereocenters. The molecule has 1 aliphatic heterocycles. The van der Waals surface area contributed by atoms with Crippen LogP contribution in [0.4, 0.5) is 0 Å². The van der Waals surface area contributed by atoms with Crippen molar-refractivity contribution in [1.82, 2.24) is 14.9 Å². The van der Waals surface area contributed by atoms with Gasteiger partial charge < -0.3 is 10.1 Å². The SMILES string of the molecule is Cc1cnc(C2CCCN2Cc2ccc(C(=O)O)cc2)[nH]1. The highest BCUT2D eigenvalue weighted by atomic mass is 16.4. The van der Waals surface area contributed by atoms with Crippen molar-refractivity contribution in [2.45, 2.75) is 32.4 Å². The van der Waals surface area contributed by atoms with Gasteiger partial charge in [-0.15, -0.1) is 0 Å². The van der Waals surface area contributed by atoms with Crippen LogP contribution in [0.3, 0.4) is 0 Å². The molecule has 5 nitrogen and oxygen atoms in total. The van der Waals surface area contributed by atoms with Gasteiger partial charge in [-0.3, -0.25) is 4.90 Å². The smallest absolute Gasteiger partial charge is 0.335 e. The summed E-state index contributed by atoms with van der Waals surface area (Å²) in [6.07, 6.45) is 4.14. The van der Waals surface area contributed by atoms with Gasteiger partial charge in [0.1, 0.15) is 5.82 Å².